The first-order valence-electron chi connectivity index (χ1n) is 13.9. The van der Waals surface area contributed by atoms with Gasteiger partial charge in [-0.2, -0.15) is 0 Å². The maximum atomic E-state index is 11.8. The van der Waals surface area contributed by atoms with Crippen LogP contribution in [0.1, 0.15) is 106 Å². The largest absolute Gasteiger partial charge is 0.393 e. The first-order chi connectivity index (χ1) is 15.5. The summed E-state index contributed by atoms with van der Waals surface area (Å²) in [4.78, 5) is 0. The van der Waals surface area contributed by atoms with E-state index in [-0.39, 0.29) is 39.6 Å². The van der Waals surface area contributed by atoms with E-state index < -0.39 is 17.8 Å². The van der Waals surface area contributed by atoms with Gasteiger partial charge in [-0.05, 0) is 117 Å². The topological polar surface area (TPSA) is 80.9 Å². The van der Waals surface area contributed by atoms with Crippen LogP contribution >= 0.6 is 0 Å². The van der Waals surface area contributed by atoms with Crippen LogP contribution in [-0.2, 0) is 0 Å². The molecule has 4 nitrogen and oxygen atoms in total. The van der Waals surface area contributed by atoms with Crippen molar-refractivity contribution in [1.29, 1.82) is 0 Å². The molecule has 4 rings (SSSR count). The maximum Gasteiger partial charge on any atom is 0.0745 e. The molecule has 0 saturated heterocycles. The summed E-state index contributed by atoms with van der Waals surface area (Å²) in [6.07, 6.45) is 6.72. The van der Waals surface area contributed by atoms with Gasteiger partial charge in [0.05, 0.1) is 23.9 Å². The van der Waals surface area contributed by atoms with Crippen molar-refractivity contribution in [2.75, 3.05) is 0 Å². The summed E-state index contributed by atoms with van der Waals surface area (Å²) in [7, 11) is 0. The second-order valence-corrected chi connectivity index (χ2v) is 14.6. The van der Waals surface area contributed by atoms with Gasteiger partial charge in [-0.1, -0.05) is 46.8 Å². The highest BCUT2D eigenvalue weighted by molar-refractivity contribution is 5.20. The monoisotopic (exact) mass is 476 g/mol. The lowest BCUT2D eigenvalue weighted by molar-refractivity contribution is -0.246. The average molecular weight is 477 g/mol. The molecule has 4 N–H and O–H groups in total. The summed E-state index contributed by atoms with van der Waals surface area (Å²) >= 11 is 0. The van der Waals surface area contributed by atoms with Crippen molar-refractivity contribution in [2.24, 2.45) is 45.3 Å². The highest BCUT2D eigenvalue weighted by Gasteiger charge is 2.71. The van der Waals surface area contributed by atoms with E-state index in [0.717, 1.165) is 50.5 Å². The molecule has 34 heavy (non-hydrogen) atoms. The smallest absolute Gasteiger partial charge is 0.0745 e. The summed E-state index contributed by atoms with van der Waals surface area (Å²) in [6, 6.07) is 0. The predicted molar refractivity (Wildman–Crippen MR) is 137 cm³/mol. The van der Waals surface area contributed by atoms with Crippen LogP contribution in [0.15, 0.2) is 12.2 Å². The van der Waals surface area contributed by atoms with Gasteiger partial charge in [-0.15, -0.1) is 0 Å². The Morgan fingerprint density at radius 1 is 0.971 bits per heavy atom. The molecular formula is C30H52O4. The lowest BCUT2D eigenvalue weighted by Crippen LogP contribution is -2.66. The number of fused-ring (bicyclic) bond motifs is 5. The zero-order valence-corrected chi connectivity index (χ0v) is 22.9. The van der Waals surface area contributed by atoms with E-state index in [4.69, 9.17) is 0 Å². The third-order valence-electron chi connectivity index (χ3n) is 12.7. The quantitative estimate of drug-likeness (QED) is 0.397. The molecule has 11 atom stereocenters. The van der Waals surface area contributed by atoms with Crippen LogP contribution < -0.4 is 0 Å². The number of aliphatic hydroxyl groups is 4. The number of aliphatic hydroxyl groups excluding tert-OH is 3. The molecule has 0 aromatic heterocycles. The van der Waals surface area contributed by atoms with Crippen LogP contribution in [0, 0.1) is 45.3 Å². The fourth-order valence-corrected chi connectivity index (χ4v) is 10.3. The number of hydrogen-bond donors (Lipinski definition) is 4. The minimum absolute atomic E-state index is 0.0227. The lowest BCUT2D eigenvalue weighted by Gasteiger charge is -2.70. The second-order valence-electron chi connectivity index (χ2n) is 14.6. The van der Waals surface area contributed by atoms with Gasteiger partial charge in [0.2, 0.25) is 0 Å². The summed E-state index contributed by atoms with van der Waals surface area (Å²) < 4.78 is 0. The van der Waals surface area contributed by atoms with Crippen LogP contribution in [0.2, 0.25) is 0 Å². The normalized spacial score (nSPS) is 50.4. The summed E-state index contributed by atoms with van der Waals surface area (Å²) in [5.74, 6) is 1.01. The maximum absolute atomic E-state index is 11.8. The lowest BCUT2D eigenvalue weighted by atomic mass is 9.35. The van der Waals surface area contributed by atoms with E-state index in [0.29, 0.717) is 24.7 Å². The fraction of sp³-hybridized carbons (Fsp3) is 0.933. The summed E-state index contributed by atoms with van der Waals surface area (Å²) in [6.45, 7) is 19.5. The van der Waals surface area contributed by atoms with Gasteiger partial charge in [-0.25, -0.2) is 0 Å². The van der Waals surface area contributed by atoms with Gasteiger partial charge < -0.3 is 20.4 Å². The molecule has 4 aliphatic carbocycles. The van der Waals surface area contributed by atoms with Crippen LogP contribution in [-0.4, -0.2) is 44.3 Å². The van der Waals surface area contributed by atoms with Gasteiger partial charge in [-0.3, -0.25) is 0 Å². The minimum atomic E-state index is -0.916. The molecule has 4 heteroatoms. The van der Waals surface area contributed by atoms with Crippen LogP contribution in [0.3, 0.4) is 0 Å². The van der Waals surface area contributed by atoms with E-state index in [9.17, 15) is 20.4 Å². The van der Waals surface area contributed by atoms with Crippen molar-refractivity contribution >= 4 is 0 Å². The highest BCUT2D eigenvalue weighted by Crippen LogP contribution is 2.75. The molecule has 4 aliphatic rings. The van der Waals surface area contributed by atoms with Crippen LogP contribution in [0.5, 0.6) is 0 Å². The highest BCUT2D eigenvalue weighted by atomic mass is 16.3. The van der Waals surface area contributed by atoms with Crippen LogP contribution in [0.25, 0.3) is 0 Å². The SMILES string of the molecule is C=C(C)C(O)CCC(C)(O)C1CC[C@]2(C)C1[C@H](O)CC1[C@@]3(C)CC[C@@H](O)C(C)(C)C3CC[C@]12C. The van der Waals surface area contributed by atoms with E-state index in [1.807, 2.05) is 13.8 Å². The summed E-state index contributed by atoms with van der Waals surface area (Å²) in [5.41, 5.74) is -0.0556. The van der Waals surface area contributed by atoms with Gasteiger partial charge >= 0.3 is 0 Å². The molecule has 0 radical (unpaired) electrons. The third kappa shape index (κ3) is 3.60. The van der Waals surface area contributed by atoms with E-state index >= 15 is 0 Å². The molecule has 0 aliphatic heterocycles. The standard InChI is InChI=1S/C30H52O4/c1-18(2)20(31)10-16-30(8,34)19-9-14-29(7)25(19)21(32)17-23-27(5)13-12-24(33)26(3,4)22(27)11-15-28(23,29)6/h19-25,31-34H,1,9-17H2,2-8H3/t19?,20?,21-,22?,23?,24-,25?,27+,28-,29-,30?/m1/s1. The van der Waals surface area contributed by atoms with Crippen molar-refractivity contribution in [3.05, 3.63) is 12.2 Å². The van der Waals surface area contributed by atoms with Gasteiger partial charge in [0, 0.05) is 0 Å². The predicted octanol–water partition coefficient (Wildman–Crippen LogP) is 5.47. The van der Waals surface area contributed by atoms with Gasteiger partial charge in [0.1, 0.15) is 0 Å². The summed E-state index contributed by atoms with van der Waals surface area (Å²) in [5, 5.41) is 44.5. The molecule has 6 unspecified atom stereocenters. The van der Waals surface area contributed by atoms with Crippen molar-refractivity contribution in [1.82, 2.24) is 0 Å². The Hall–Kier alpha value is -0.420. The molecular weight excluding hydrogens is 424 g/mol. The Kier molecular flexibility index (Phi) is 6.50. The molecule has 0 aromatic rings. The molecule has 4 saturated carbocycles. The Bertz CT molecular complexity index is 804. The molecule has 196 valence electrons. The first kappa shape index (κ1) is 26.6. The van der Waals surface area contributed by atoms with Gasteiger partial charge in [0.25, 0.3) is 0 Å². The Morgan fingerprint density at radius 2 is 1.59 bits per heavy atom. The van der Waals surface area contributed by atoms with Crippen molar-refractivity contribution in [3.63, 3.8) is 0 Å². The molecule has 0 heterocycles. The molecule has 4 fully saturated rings. The molecule has 0 aromatic carbocycles. The first-order valence-corrected chi connectivity index (χ1v) is 13.9. The van der Waals surface area contributed by atoms with Crippen molar-refractivity contribution in [2.45, 2.75) is 130 Å². The Morgan fingerprint density at radius 3 is 2.21 bits per heavy atom. The Balaban J connectivity index is 1.64. The molecule has 0 bridgehead atoms. The van der Waals surface area contributed by atoms with Crippen LogP contribution in [0.4, 0.5) is 0 Å². The van der Waals surface area contributed by atoms with Crippen molar-refractivity contribution < 1.29 is 20.4 Å². The molecule has 0 amide bonds. The number of hydrogen-bond acceptors (Lipinski definition) is 4. The zero-order chi connectivity index (χ0) is 25.5. The third-order valence-corrected chi connectivity index (χ3v) is 12.7. The second kappa shape index (κ2) is 8.30. The van der Waals surface area contributed by atoms with E-state index in [2.05, 4.69) is 41.2 Å². The zero-order valence-electron chi connectivity index (χ0n) is 22.9. The van der Waals surface area contributed by atoms with Gasteiger partial charge in [0.15, 0.2) is 0 Å². The van der Waals surface area contributed by atoms with Crippen molar-refractivity contribution in [3.8, 4) is 0 Å². The van der Waals surface area contributed by atoms with E-state index in [1.54, 1.807) is 0 Å². The van der Waals surface area contributed by atoms with E-state index in [1.165, 1.54) is 0 Å². The number of rotatable bonds is 5. The fourth-order valence-electron chi connectivity index (χ4n) is 10.3. The molecule has 0 spiro atoms. The Labute approximate surface area is 208 Å². The average Bonchev–Trinajstić information content (AvgIpc) is 3.12. The minimum Gasteiger partial charge on any atom is -0.393 e.